The number of hydrogen-bond donors (Lipinski definition) is 1. The van der Waals surface area contributed by atoms with Crippen molar-refractivity contribution in [2.45, 2.75) is 13.0 Å². The van der Waals surface area contributed by atoms with Crippen molar-refractivity contribution in [2.75, 3.05) is 7.11 Å². The summed E-state index contributed by atoms with van der Waals surface area (Å²) in [5.41, 5.74) is 1.62. The molecule has 0 unspecified atom stereocenters. The molecule has 1 atom stereocenters. The van der Waals surface area contributed by atoms with Crippen LogP contribution in [0.25, 0.3) is 10.8 Å². The summed E-state index contributed by atoms with van der Waals surface area (Å²) in [6, 6.07) is 21.5. The van der Waals surface area contributed by atoms with Gasteiger partial charge in [0.25, 0.3) is 5.91 Å². The molecule has 0 aliphatic rings. The van der Waals surface area contributed by atoms with Crippen molar-refractivity contribution in [1.82, 2.24) is 5.32 Å². The highest BCUT2D eigenvalue weighted by atomic mass is 16.5. The highest BCUT2D eigenvalue weighted by Crippen LogP contribution is 2.30. The molecule has 3 aromatic carbocycles. The molecule has 0 aliphatic heterocycles. The van der Waals surface area contributed by atoms with Crippen molar-refractivity contribution in [2.24, 2.45) is 0 Å². The molecule has 0 bridgehead atoms. The first-order valence-corrected chi connectivity index (χ1v) is 7.62. The van der Waals surface area contributed by atoms with E-state index in [0.29, 0.717) is 11.3 Å². The Bertz CT molecular complexity index is 827. The van der Waals surface area contributed by atoms with Gasteiger partial charge < -0.3 is 10.1 Å². The fourth-order valence-corrected chi connectivity index (χ4v) is 2.74. The lowest BCUT2D eigenvalue weighted by Crippen LogP contribution is -2.27. The van der Waals surface area contributed by atoms with Gasteiger partial charge in [0.2, 0.25) is 0 Å². The highest BCUT2D eigenvalue weighted by Gasteiger charge is 2.17. The van der Waals surface area contributed by atoms with Crippen LogP contribution < -0.4 is 10.1 Å². The second-order valence-electron chi connectivity index (χ2n) is 5.47. The van der Waals surface area contributed by atoms with Crippen LogP contribution in [0.15, 0.2) is 66.7 Å². The Balaban J connectivity index is 1.92. The van der Waals surface area contributed by atoms with Gasteiger partial charge in [-0.25, -0.2) is 0 Å². The summed E-state index contributed by atoms with van der Waals surface area (Å²) in [6.07, 6.45) is 0. The maximum atomic E-state index is 12.7. The van der Waals surface area contributed by atoms with Crippen LogP contribution in [0, 0.1) is 0 Å². The lowest BCUT2D eigenvalue weighted by atomic mass is 10.0. The molecule has 3 nitrogen and oxygen atoms in total. The minimum Gasteiger partial charge on any atom is -0.495 e. The number of hydrogen-bond acceptors (Lipinski definition) is 2. The molecule has 3 heteroatoms. The summed E-state index contributed by atoms with van der Waals surface area (Å²) in [4.78, 5) is 12.7. The standard InChI is InChI=1S/C20H19NO2/c1-14(15-8-4-3-5-9-15)21-20(22)18-13-12-16-10-6-7-11-17(16)19(18)23-2/h3-14H,1-2H3,(H,21,22)/t14-/m0/s1. The van der Waals surface area contributed by atoms with Gasteiger partial charge in [0.1, 0.15) is 5.75 Å². The zero-order valence-corrected chi connectivity index (χ0v) is 13.2. The van der Waals surface area contributed by atoms with Crippen LogP contribution in [-0.4, -0.2) is 13.0 Å². The normalized spacial score (nSPS) is 11.9. The van der Waals surface area contributed by atoms with Crippen molar-refractivity contribution in [3.05, 3.63) is 77.9 Å². The molecule has 1 amide bonds. The van der Waals surface area contributed by atoms with Gasteiger partial charge in [-0.2, -0.15) is 0 Å². The molecular weight excluding hydrogens is 286 g/mol. The number of amides is 1. The van der Waals surface area contributed by atoms with Crippen LogP contribution in [0.1, 0.15) is 28.9 Å². The van der Waals surface area contributed by atoms with Gasteiger partial charge in [-0.1, -0.05) is 60.7 Å². The lowest BCUT2D eigenvalue weighted by molar-refractivity contribution is 0.0937. The molecule has 0 aliphatic carbocycles. The number of rotatable bonds is 4. The number of benzene rings is 3. The summed E-state index contributed by atoms with van der Waals surface area (Å²) in [5, 5.41) is 5.03. The quantitative estimate of drug-likeness (QED) is 0.778. The Hall–Kier alpha value is -2.81. The van der Waals surface area contributed by atoms with Gasteiger partial charge in [-0.3, -0.25) is 4.79 Å². The second-order valence-corrected chi connectivity index (χ2v) is 5.47. The monoisotopic (exact) mass is 305 g/mol. The largest absolute Gasteiger partial charge is 0.495 e. The highest BCUT2D eigenvalue weighted by molar-refractivity contribution is 6.03. The van der Waals surface area contributed by atoms with Gasteiger partial charge in [0, 0.05) is 5.39 Å². The topological polar surface area (TPSA) is 38.3 Å². The minimum absolute atomic E-state index is 0.0696. The van der Waals surface area contributed by atoms with Crippen LogP contribution in [0.2, 0.25) is 0 Å². The number of carbonyl (C=O) groups excluding carboxylic acids is 1. The SMILES string of the molecule is COc1c(C(=O)N[C@@H](C)c2ccccc2)ccc2ccccc12. The van der Waals surface area contributed by atoms with Crippen molar-refractivity contribution in [3.8, 4) is 5.75 Å². The third-order valence-corrected chi connectivity index (χ3v) is 3.98. The van der Waals surface area contributed by atoms with Crippen LogP contribution in [0.4, 0.5) is 0 Å². The Morgan fingerprint density at radius 1 is 0.957 bits per heavy atom. The first kappa shape index (κ1) is 15.1. The van der Waals surface area contributed by atoms with E-state index in [2.05, 4.69) is 5.32 Å². The molecule has 0 radical (unpaired) electrons. The lowest BCUT2D eigenvalue weighted by Gasteiger charge is -2.16. The molecule has 0 aromatic heterocycles. The zero-order chi connectivity index (χ0) is 16.2. The van der Waals surface area contributed by atoms with E-state index in [4.69, 9.17) is 4.74 Å². The Morgan fingerprint density at radius 2 is 1.65 bits per heavy atom. The van der Waals surface area contributed by atoms with E-state index >= 15 is 0 Å². The maximum absolute atomic E-state index is 12.7. The average molecular weight is 305 g/mol. The van der Waals surface area contributed by atoms with Crippen molar-refractivity contribution in [1.29, 1.82) is 0 Å². The first-order valence-electron chi connectivity index (χ1n) is 7.62. The molecule has 3 rings (SSSR count). The van der Waals surface area contributed by atoms with Gasteiger partial charge in [-0.15, -0.1) is 0 Å². The number of carbonyl (C=O) groups is 1. The van der Waals surface area contributed by atoms with Crippen molar-refractivity contribution in [3.63, 3.8) is 0 Å². The molecule has 23 heavy (non-hydrogen) atoms. The first-order chi connectivity index (χ1) is 11.2. The summed E-state index contributed by atoms with van der Waals surface area (Å²) < 4.78 is 5.51. The average Bonchev–Trinajstić information content (AvgIpc) is 2.61. The summed E-state index contributed by atoms with van der Waals surface area (Å²) in [5.74, 6) is 0.477. The van der Waals surface area contributed by atoms with Gasteiger partial charge in [-0.05, 0) is 23.9 Å². The molecule has 0 saturated heterocycles. The molecule has 3 aromatic rings. The predicted octanol–water partition coefficient (Wildman–Crippen LogP) is 4.34. The summed E-state index contributed by atoms with van der Waals surface area (Å²) >= 11 is 0. The number of nitrogens with one attached hydrogen (secondary N) is 1. The molecule has 0 saturated carbocycles. The van der Waals surface area contributed by atoms with E-state index in [1.54, 1.807) is 7.11 Å². The van der Waals surface area contributed by atoms with E-state index in [0.717, 1.165) is 16.3 Å². The van der Waals surface area contributed by atoms with Crippen LogP contribution in [-0.2, 0) is 0 Å². The smallest absolute Gasteiger partial charge is 0.255 e. The molecule has 0 heterocycles. The minimum atomic E-state index is -0.135. The van der Waals surface area contributed by atoms with Crippen molar-refractivity contribution >= 4 is 16.7 Å². The summed E-state index contributed by atoms with van der Waals surface area (Å²) in [6.45, 7) is 1.97. The Kier molecular flexibility index (Phi) is 4.29. The fourth-order valence-electron chi connectivity index (χ4n) is 2.74. The molecule has 0 spiro atoms. The molecule has 0 fully saturated rings. The molecular formula is C20H19NO2. The number of methoxy groups -OCH3 is 1. The molecule has 116 valence electrons. The zero-order valence-electron chi connectivity index (χ0n) is 13.2. The maximum Gasteiger partial charge on any atom is 0.255 e. The Morgan fingerprint density at radius 3 is 2.39 bits per heavy atom. The third-order valence-electron chi connectivity index (χ3n) is 3.98. The molecule has 1 N–H and O–H groups in total. The van der Waals surface area contributed by atoms with E-state index in [1.807, 2.05) is 73.7 Å². The Labute approximate surface area is 135 Å². The van der Waals surface area contributed by atoms with Gasteiger partial charge in [0.15, 0.2) is 0 Å². The number of ether oxygens (including phenoxy) is 1. The van der Waals surface area contributed by atoms with Crippen LogP contribution >= 0.6 is 0 Å². The number of fused-ring (bicyclic) bond motifs is 1. The van der Waals surface area contributed by atoms with Crippen LogP contribution in [0.3, 0.4) is 0 Å². The van der Waals surface area contributed by atoms with Gasteiger partial charge >= 0.3 is 0 Å². The van der Waals surface area contributed by atoms with Crippen molar-refractivity contribution < 1.29 is 9.53 Å². The third kappa shape index (κ3) is 3.04. The van der Waals surface area contributed by atoms with E-state index in [9.17, 15) is 4.79 Å². The predicted molar refractivity (Wildman–Crippen MR) is 92.8 cm³/mol. The van der Waals surface area contributed by atoms with E-state index < -0.39 is 0 Å². The van der Waals surface area contributed by atoms with Crippen LogP contribution in [0.5, 0.6) is 5.75 Å². The second kappa shape index (κ2) is 6.53. The van der Waals surface area contributed by atoms with E-state index in [1.165, 1.54) is 0 Å². The van der Waals surface area contributed by atoms with Gasteiger partial charge in [0.05, 0.1) is 18.7 Å². The van der Waals surface area contributed by atoms with E-state index in [-0.39, 0.29) is 11.9 Å². The fraction of sp³-hybridized carbons (Fsp3) is 0.150. The summed E-state index contributed by atoms with van der Waals surface area (Å²) in [7, 11) is 1.60.